The Kier molecular flexibility index (Phi) is 8.42. The molecule has 0 bridgehead atoms. The highest BCUT2D eigenvalue weighted by Crippen LogP contribution is 2.30. The first kappa shape index (κ1) is 21.2. The summed E-state index contributed by atoms with van der Waals surface area (Å²) in [5, 5.41) is 3.38. The number of hydrogen-bond acceptors (Lipinski definition) is 6. The molecular formula is C17H34N2O5. The number of carbonyl (C=O) groups excluding carboxylic acids is 1. The summed E-state index contributed by atoms with van der Waals surface area (Å²) in [5.74, 6) is 0. The van der Waals surface area contributed by atoms with E-state index in [1.165, 1.54) is 0 Å². The highest BCUT2D eigenvalue weighted by atomic mass is 16.7. The fraction of sp³-hybridized carbons (Fsp3) is 0.941. The number of rotatable bonds is 8. The van der Waals surface area contributed by atoms with Gasteiger partial charge in [0.1, 0.15) is 5.60 Å². The summed E-state index contributed by atoms with van der Waals surface area (Å²) in [6.45, 7) is 8.89. The Morgan fingerprint density at radius 3 is 2.46 bits per heavy atom. The Hall–Kier alpha value is -0.890. The molecule has 0 saturated carbocycles. The van der Waals surface area contributed by atoms with Gasteiger partial charge in [-0.05, 0) is 33.6 Å². The van der Waals surface area contributed by atoms with Crippen molar-refractivity contribution in [3.05, 3.63) is 0 Å². The van der Waals surface area contributed by atoms with Crippen LogP contribution >= 0.6 is 0 Å². The van der Waals surface area contributed by atoms with Gasteiger partial charge in [0.15, 0.2) is 6.29 Å². The Morgan fingerprint density at radius 2 is 1.92 bits per heavy atom. The first-order valence-electron chi connectivity index (χ1n) is 8.48. The topological polar surface area (TPSA) is 69.3 Å². The smallest absolute Gasteiger partial charge is 0.410 e. The van der Waals surface area contributed by atoms with Gasteiger partial charge in [-0.3, -0.25) is 0 Å². The monoisotopic (exact) mass is 346 g/mol. The van der Waals surface area contributed by atoms with E-state index in [1.807, 2.05) is 20.8 Å². The van der Waals surface area contributed by atoms with Crippen molar-refractivity contribution in [1.29, 1.82) is 0 Å². The lowest BCUT2D eigenvalue weighted by Gasteiger charge is -2.43. The number of amides is 1. The van der Waals surface area contributed by atoms with Crippen LogP contribution in [0, 0.1) is 5.41 Å². The predicted molar refractivity (Wildman–Crippen MR) is 92.0 cm³/mol. The molecule has 1 heterocycles. The van der Waals surface area contributed by atoms with Crippen molar-refractivity contribution in [2.45, 2.75) is 45.5 Å². The second kappa shape index (κ2) is 9.56. The van der Waals surface area contributed by atoms with E-state index in [1.54, 1.807) is 26.2 Å². The first-order chi connectivity index (χ1) is 11.2. The van der Waals surface area contributed by atoms with Crippen LogP contribution in [0.2, 0.25) is 0 Å². The normalized spacial score (nSPS) is 22.0. The molecule has 0 aromatic heterocycles. The second-order valence-electron chi connectivity index (χ2n) is 7.47. The molecule has 0 spiro atoms. The number of hydrogen-bond donors (Lipinski definition) is 1. The Morgan fingerprint density at radius 1 is 1.25 bits per heavy atom. The Labute approximate surface area is 145 Å². The number of nitrogens with one attached hydrogen (secondary N) is 1. The van der Waals surface area contributed by atoms with E-state index < -0.39 is 5.60 Å². The first-order valence-corrected chi connectivity index (χ1v) is 8.48. The zero-order valence-electron chi connectivity index (χ0n) is 16.0. The average molecular weight is 346 g/mol. The summed E-state index contributed by atoms with van der Waals surface area (Å²) in [7, 11) is 4.93. The molecule has 0 radical (unpaired) electrons. The van der Waals surface area contributed by atoms with E-state index in [2.05, 4.69) is 5.32 Å². The van der Waals surface area contributed by atoms with Crippen LogP contribution in [0.5, 0.6) is 0 Å². The van der Waals surface area contributed by atoms with Gasteiger partial charge in [-0.1, -0.05) is 0 Å². The number of likely N-dealkylation sites (tertiary alicyclic amines) is 1. The van der Waals surface area contributed by atoms with Crippen molar-refractivity contribution in [3.63, 3.8) is 0 Å². The third kappa shape index (κ3) is 6.93. The minimum Gasteiger partial charge on any atom is -0.444 e. The molecule has 0 aliphatic carbocycles. The van der Waals surface area contributed by atoms with Gasteiger partial charge in [0.05, 0.1) is 6.61 Å². The second-order valence-corrected chi connectivity index (χ2v) is 7.47. The average Bonchev–Trinajstić information content (AvgIpc) is 2.50. The van der Waals surface area contributed by atoms with Crippen LogP contribution < -0.4 is 5.32 Å². The fourth-order valence-corrected chi connectivity index (χ4v) is 3.03. The molecule has 1 aliphatic rings. The van der Waals surface area contributed by atoms with Gasteiger partial charge in [0.25, 0.3) is 0 Å². The number of nitrogens with zero attached hydrogens (tertiary/aromatic N) is 1. The van der Waals surface area contributed by atoms with Gasteiger partial charge < -0.3 is 29.2 Å². The Balaban J connectivity index is 2.65. The van der Waals surface area contributed by atoms with Crippen LogP contribution in [0.4, 0.5) is 4.79 Å². The van der Waals surface area contributed by atoms with Gasteiger partial charge >= 0.3 is 6.09 Å². The molecule has 1 aliphatic heterocycles. The van der Waals surface area contributed by atoms with E-state index >= 15 is 0 Å². The maximum Gasteiger partial charge on any atom is 0.410 e. The van der Waals surface area contributed by atoms with E-state index in [9.17, 15) is 4.79 Å². The summed E-state index contributed by atoms with van der Waals surface area (Å²) in [6.07, 6.45) is 1.39. The molecule has 1 N–H and O–H groups in total. The molecule has 7 heteroatoms. The fourth-order valence-electron chi connectivity index (χ4n) is 3.03. The molecule has 0 aromatic carbocycles. The lowest BCUT2D eigenvalue weighted by atomic mass is 9.80. The molecule has 1 fully saturated rings. The third-order valence-corrected chi connectivity index (χ3v) is 4.10. The van der Waals surface area contributed by atoms with Crippen molar-refractivity contribution in [2.24, 2.45) is 5.41 Å². The minimum absolute atomic E-state index is 0.129. The molecule has 24 heavy (non-hydrogen) atoms. The van der Waals surface area contributed by atoms with Crippen molar-refractivity contribution in [2.75, 3.05) is 54.1 Å². The van der Waals surface area contributed by atoms with Crippen LogP contribution in [0.25, 0.3) is 0 Å². The highest BCUT2D eigenvalue weighted by Gasteiger charge is 2.38. The molecule has 1 rings (SSSR count). The quantitative estimate of drug-likeness (QED) is 0.677. The zero-order valence-corrected chi connectivity index (χ0v) is 16.0. The summed E-state index contributed by atoms with van der Waals surface area (Å²) in [4.78, 5) is 14.2. The van der Waals surface area contributed by atoms with E-state index in [4.69, 9.17) is 18.9 Å². The molecule has 1 amide bonds. The number of carbonyl (C=O) groups is 1. The van der Waals surface area contributed by atoms with Crippen LogP contribution in [-0.2, 0) is 18.9 Å². The zero-order chi connectivity index (χ0) is 18.2. The van der Waals surface area contributed by atoms with Crippen molar-refractivity contribution >= 4 is 6.09 Å². The summed E-state index contributed by atoms with van der Waals surface area (Å²) >= 11 is 0. The maximum atomic E-state index is 12.4. The van der Waals surface area contributed by atoms with Crippen molar-refractivity contribution in [3.8, 4) is 0 Å². The molecule has 1 saturated heterocycles. The molecule has 1 atom stereocenters. The lowest BCUT2D eigenvalue weighted by molar-refractivity contribution is -0.101. The molecule has 142 valence electrons. The van der Waals surface area contributed by atoms with Crippen LogP contribution in [0.3, 0.4) is 0 Å². The Bertz CT molecular complexity index is 378. The number of piperidine rings is 1. The largest absolute Gasteiger partial charge is 0.444 e. The van der Waals surface area contributed by atoms with Gasteiger partial charge in [-0.15, -0.1) is 0 Å². The SMILES string of the molecule is COCC1(CNCC(OC)OC)CCCN(C(=O)OC(C)(C)C)C1. The highest BCUT2D eigenvalue weighted by molar-refractivity contribution is 5.68. The molecule has 7 nitrogen and oxygen atoms in total. The van der Waals surface area contributed by atoms with E-state index in [-0.39, 0.29) is 17.8 Å². The van der Waals surface area contributed by atoms with Crippen LogP contribution in [-0.4, -0.2) is 77.0 Å². The lowest BCUT2D eigenvalue weighted by Crippen LogP contribution is -2.53. The van der Waals surface area contributed by atoms with Crippen molar-refractivity contribution < 1.29 is 23.7 Å². The molecule has 0 aromatic rings. The summed E-state index contributed by atoms with van der Waals surface area (Å²) in [6, 6.07) is 0. The maximum absolute atomic E-state index is 12.4. The van der Waals surface area contributed by atoms with Crippen LogP contribution in [0.15, 0.2) is 0 Å². The van der Waals surface area contributed by atoms with Crippen LogP contribution in [0.1, 0.15) is 33.6 Å². The van der Waals surface area contributed by atoms with E-state index in [0.29, 0.717) is 19.7 Å². The van der Waals surface area contributed by atoms with Gasteiger partial charge in [0.2, 0.25) is 0 Å². The standard InChI is InChI=1S/C17H34N2O5/c1-16(2,3)24-15(20)19-9-7-8-17(12-19,13-21-4)11-18-10-14(22-5)23-6/h14,18H,7-13H2,1-6H3. The number of methoxy groups -OCH3 is 3. The third-order valence-electron chi connectivity index (χ3n) is 4.10. The van der Waals surface area contributed by atoms with Gasteiger partial charge in [0, 0.05) is 52.9 Å². The van der Waals surface area contributed by atoms with Gasteiger partial charge in [-0.2, -0.15) is 0 Å². The summed E-state index contributed by atoms with van der Waals surface area (Å²) < 4.78 is 21.3. The molecular weight excluding hydrogens is 312 g/mol. The van der Waals surface area contributed by atoms with E-state index in [0.717, 1.165) is 25.9 Å². The minimum atomic E-state index is -0.485. The molecule has 1 unspecified atom stereocenters. The summed E-state index contributed by atoms with van der Waals surface area (Å²) in [5.41, 5.74) is -0.614. The predicted octanol–water partition coefficient (Wildman–Crippen LogP) is 1.86. The van der Waals surface area contributed by atoms with Crippen molar-refractivity contribution in [1.82, 2.24) is 10.2 Å². The number of ether oxygens (including phenoxy) is 4. The van der Waals surface area contributed by atoms with Gasteiger partial charge in [-0.25, -0.2) is 4.79 Å².